The molecule has 116 valence electrons. The zero-order valence-corrected chi connectivity index (χ0v) is 12.3. The van der Waals surface area contributed by atoms with Crippen LogP contribution in [0.1, 0.15) is 31.2 Å². The van der Waals surface area contributed by atoms with Crippen LogP contribution in [0.5, 0.6) is 5.75 Å². The molecule has 0 heterocycles. The van der Waals surface area contributed by atoms with Crippen molar-refractivity contribution in [2.24, 2.45) is 5.73 Å². The van der Waals surface area contributed by atoms with E-state index in [1.54, 1.807) is 0 Å². The van der Waals surface area contributed by atoms with Gasteiger partial charge in [-0.3, -0.25) is 4.79 Å². The number of primary amides is 1. The van der Waals surface area contributed by atoms with Crippen LogP contribution in [0.15, 0.2) is 24.3 Å². The molecular weight excluding hydrogens is 268 g/mol. The second-order valence-electron chi connectivity index (χ2n) is 5.35. The van der Waals surface area contributed by atoms with Gasteiger partial charge >= 0.3 is 0 Å². The van der Waals surface area contributed by atoms with Crippen LogP contribution < -0.4 is 15.8 Å². The fraction of sp³-hybridized carbons (Fsp3) is 0.562. The highest BCUT2D eigenvalue weighted by Crippen LogP contribution is 2.20. The van der Waals surface area contributed by atoms with E-state index in [9.17, 15) is 4.79 Å². The summed E-state index contributed by atoms with van der Waals surface area (Å²) >= 11 is 0. The number of nitrogens with two attached hydrogens (primary N) is 1. The molecule has 5 heteroatoms. The molecule has 0 bridgehead atoms. The number of amides is 1. The summed E-state index contributed by atoms with van der Waals surface area (Å²) in [5.74, 6) is 0.185. The first-order valence-corrected chi connectivity index (χ1v) is 7.56. The second kappa shape index (κ2) is 8.64. The minimum Gasteiger partial charge on any atom is -0.484 e. The van der Waals surface area contributed by atoms with Crippen molar-refractivity contribution < 1.29 is 14.3 Å². The van der Waals surface area contributed by atoms with Crippen molar-refractivity contribution in [1.82, 2.24) is 5.32 Å². The highest BCUT2D eigenvalue weighted by Gasteiger charge is 2.14. The first kappa shape index (κ1) is 15.8. The number of ether oxygens (including phenoxy) is 2. The minimum absolute atomic E-state index is 0.0872. The van der Waals surface area contributed by atoms with Crippen molar-refractivity contribution >= 4 is 5.91 Å². The van der Waals surface area contributed by atoms with Gasteiger partial charge in [-0.15, -0.1) is 0 Å². The van der Waals surface area contributed by atoms with Gasteiger partial charge in [-0.1, -0.05) is 25.0 Å². The van der Waals surface area contributed by atoms with Crippen molar-refractivity contribution in [1.29, 1.82) is 0 Å². The van der Waals surface area contributed by atoms with Gasteiger partial charge in [-0.25, -0.2) is 0 Å². The average Bonchev–Trinajstić information content (AvgIpc) is 2.99. The van der Waals surface area contributed by atoms with E-state index >= 15 is 0 Å². The van der Waals surface area contributed by atoms with Crippen molar-refractivity contribution in [2.45, 2.75) is 38.3 Å². The van der Waals surface area contributed by atoms with E-state index in [1.807, 2.05) is 24.3 Å². The topological polar surface area (TPSA) is 73.6 Å². The summed E-state index contributed by atoms with van der Waals surface area (Å²) in [6, 6.07) is 7.63. The van der Waals surface area contributed by atoms with Crippen LogP contribution in [0.3, 0.4) is 0 Å². The molecule has 1 saturated carbocycles. The molecule has 3 N–H and O–H groups in total. The molecule has 0 aliphatic heterocycles. The average molecular weight is 292 g/mol. The molecule has 0 radical (unpaired) electrons. The lowest BCUT2D eigenvalue weighted by atomic mass is 10.2. The summed E-state index contributed by atoms with van der Waals surface area (Å²) in [6.45, 7) is 2.33. The van der Waals surface area contributed by atoms with Gasteiger partial charge in [0.2, 0.25) is 0 Å². The molecule has 1 aliphatic carbocycles. The number of benzene rings is 1. The van der Waals surface area contributed by atoms with E-state index < -0.39 is 5.91 Å². The molecule has 2 rings (SSSR count). The Bertz CT molecular complexity index is 428. The first-order valence-electron chi connectivity index (χ1n) is 7.56. The molecule has 1 aromatic carbocycles. The van der Waals surface area contributed by atoms with Crippen molar-refractivity contribution in [2.75, 3.05) is 19.8 Å². The van der Waals surface area contributed by atoms with Crippen LogP contribution in [0, 0.1) is 0 Å². The molecule has 0 atom stereocenters. The largest absolute Gasteiger partial charge is 0.484 e. The molecule has 21 heavy (non-hydrogen) atoms. The fourth-order valence-electron chi connectivity index (χ4n) is 2.44. The van der Waals surface area contributed by atoms with E-state index in [-0.39, 0.29) is 6.61 Å². The normalized spacial score (nSPS) is 15.2. The molecule has 1 fully saturated rings. The minimum atomic E-state index is -0.469. The predicted octanol–water partition coefficient (Wildman–Crippen LogP) is 1.60. The van der Waals surface area contributed by atoms with Gasteiger partial charge < -0.3 is 20.5 Å². The Balaban J connectivity index is 1.58. The zero-order valence-electron chi connectivity index (χ0n) is 12.3. The maximum Gasteiger partial charge on any atom is 0.255 e. The van der Waals surface area contributed by atoms with E-state index in [1.165, 1.54) is 31.2 Å². The standard InChI is InChI=1S/C16H24N2O3/c17-16(19)12-21-15-7-5-13(6-8-15)11-18-9-10-20-14-3-1-2-4-14/h5-8,14,18H,1-4,9-12H2,(H2,17,19). The van der Waals surface area contributed by atoms with Crippen molar-refractivity contribution in [3.8, 4) is 5.75 Å². The van der Waals surface area contributed by atoms with Gasteiger partial charge in [0, 0.05) is 13.1 Å². The number of rotatable bonds is 9. The van der Waals surface area contributed by atoms with Crippen molar-refractivity contribution in [3.63, 3.8) is 0 Å². The maximum absolute atomic E-state index is 10.6. The number of hydrogen-bond acceptors (Lipinski definition) is 4. The number of nitrogens with one attached hydrogen (secondary N) is 1. The smallest absolute Gasteiger partial charge is 0.255 e. The first-order chi connectivity index (χ1) is 10.2. The molecule has 0 aromatic heterocycles. The summed E-state index contributed by atoms with van der Waals surface area (Å²) < 4.78 is 11.0. The summed E-state index contributed by atoms with van der Waals surface area (Å²) in [7, 11) is 0. The third kappa shape index (κ3) is 6.14. The molecular formula is C16H24N2O3. The molecule has 5 nitrogen and oxygen atoms in total. The van der Waals surface area contributed by atoms with Crippen LogP contribution in [-0.4, -0.2) is 31.8 Å². The van der Waals surface area contributed by atoms with E-state index in [2.05, 4.69) is 5.32 Å². The summed E-state index contributed by atoms with van der Waals surface area (Å²) in [6.07, 6.45) is 5.53. The molecule has 1 amide bonds. The molecule has 1 aromatic rings. The fourth-order valence-corrected chi connectivity index (χ4v) is 2.44. The molecule has 0 saturated heterocycles. The highest BCUT2D eigenvalue weighted by atomic mass is 16.5. The summed E-state index contributed by atoms with van der Waals surface area (Å²) in [5.41, 5.74) is 6.19. The zero-order chi connectivity index (χ0) is 14.9. The lowest BCUT2D eigenvalue weighted by molar-refractivity contribution is -0.119. The third-order valence-corrected chi connectivity index (χ3v) is 3.57. The van der Waals surface area contributed by atoms with Gasteiger partial charge in [0.25, 0.3) is 5.91 Å². The van der Waals surface area contributed by atoms with E-state index in [0.29, 0.717) is 11.9 Å². The van der Waals surface area contributed by atoms with Crippen LogP contribution in [-0.2, 0) is 16.1 Å². The van der Waals surface area contributed by atoms with Crippen LogP contribution in [0.25, 0.3) is 0 Å². The van der Waals surface area contributed by atoms with Gasteiger partial charge in [0.15, 0.2) is 6.61 Å². The quantitative estimate of drug-likeness (QED) is 0.678. The molecule has 1 aliphatic rings. The van der Waals surface area contributed by atoms with Gasteiger partial charge in [0.1, 0.15) is 5.75 Å². The Kier molecular flexibility index (Phi) is 6.50. The SMILES string of the molecule is NC(=O)COc1ccc(CNCCOC2CCCC2)cc1. The molecule has 0 unspecified atom stereocenters. The Morgan fingerprint density at radius 2 is 1.95 bits per heavy atom. The Hall–Kier alpha value is -1.59. The Morgan fingerprint density at radius 3 is 2.62 bits per heavy atom. The van der Waals surface area contributed by atoms with Crippen LogP contribution >= 0.6 is 0 Å². The van der Waals surface area contributed by atoms with Gasteiger partial charge in [-0.05, 0) is 30.5 Å². The Morgan fingerprint density at radius 1 is 1.24 bits per heavy atom. The summed E-state index contributed by atoms with van der Waals surface area (Å²) in [5, 5.41) is 3.36. The third-order valence-electron chi connectivity index (χ3n) is 3.57. The van der Waals surface area contributed by atoms with Crippen molar-refractivity contribution in [3.05, 3.63) is 29.8 Å². The molecule has 0 spiro atoms. The lowest BCUT2D eigenvalue weighted by Gasteiger charge is -2.11. The highest BCUT2D eigenvalue weighted by molar-refractivity contribution is 5.75. The monoisotopic (exact) mass is 292 g/mol. The van der Waals surface area contributed by atoms with Crippen LogP contribution in [0.4, 0.5) is 0 Å². The van der Waals surface area contributed by atoms with E-state index in [4.69, 9.17) is 15.2 Å². The lowest BCUT2D eigenvalue weighted by Crippen LogP contribution is -2.22. The second-order valence-corrected chi connectivity index (χ2v) is 5.35. The van der Waals surface area contributed by atoms with E-state index in [0.717, 1.165) is 19.7 Å². The predicted molar refractivity (Wildman–Crippen MR) is 81.0 cm³/mol. The van der Waals surface area contributed by atoms with Gasteiger partial charge in [-0.2, -0.15) is 0 Å². The van der Waals surface area contributed by atoms with Crippen LogP contribution in [0.2, 0.25) is 0 Å². The number of hydrogen-bond donors (Lipinski definition) is 2. The number of carbonyl (C=O) groups excluding carboxylic acids is 1. The number of carbonyl (C=O) groups is 1. The Labute approximate surface area is 125 Å². The summed E-state index contributed by atoms with van der Waals surface area (Å²) in [4.78, 5) is 10.6. The maximum atomic E-state index is 10.6. The van der Waals surface area contributed by atoms with Gasteiger partial charge in [0.05, 0.1) is 12.7 Å².